The van der Waals surface area contributed by atoms with Crippen LogP contribution >= 0.6 is 0 Å². The van der Waals surface area contributed by atoms with Crippen molar-refractivity contribution >= 4 is 109 Å². The van der Waals surface area contributed by atoms with Gasteiger partial charge in [0.05, 0.1) is 56.7 Å². The summed E-state index contributed by atoms with van der Waals surface area (Å²) in [5.41, 5.74) is 29.2. The van der Waals surface area contributed by atoms with Crippen molar-refractivity contribution in [3.05, 3.63) is 363 Å². The maximum atomic E-state index is 8.78. The summed E-state index contributed by atoms with van der Waals surface area (Å²) in [6, 6.07) is 115. The van der Waals surface area contributed by atoms with Gasteiger partial charge in [-0.3, -0.25) is 0 Å². The van der Waals surface area contributed by atoms with Crippen LogP contribution in [-0.4, -0.2) is 18.3 Å². The third kappa shape index (κ3) is 8.53. The van der Waals surface area contributed by atoms with Crippen LogP contribution in [0.5, 0.6) is 0 Å². The third-order valence-electron chi connectivity index (χ3n) is 21.9. The highest BCUT2D eigenvalue weighted by atomic mass is 15.0. The van der Waals surface area contributed by atoms with E-state index in [1.807, 2.05) is 47.0 Å². The Kier molecular flexibility index (Phi) is 10.8. The first-order chi connectivity index (χ1) is 54.3. The fourth-order valence-electron chi connectivity index (χ4n) is 17.5. The Morgan fingerprint density at radius 1 is 0.214 bits per heavy atom. The molecule has 478 valence electrons. The minimum Gasteiger partial charge on any atom is -0.309 e. The van der Waals surface area contributed by atoms with Crippen molar-refractivity contribution in [2.24, 2.45) is 0 Å². The van der Waals surface area contributed by atoms with E-state index in [1.165, 1.54) is 105 Å². The molecule has 0 amide bonds. The summed E-state index contributed by atoms with van der Waals surface area (Å²) in [4.78, 5) is 0. The zero-order valence-electron chi connectivity index (χ0n) is 63.5. The molecule has 0 N–H and O–H groups in total. The summed E-state index contributed by atoms with van der Waals surface area (Å²) in [7, 11) is 0. The van der Waals surface area contributed by atoms with Gasteiger partial charge in [-0.1, -0.05) is 248 Å². The molecular formula is C99H62N4. The van der Waals surface area contributed by atoms with Crippen LogP contribution in [0.25, 0.3) is 209 Å². The first kappa shape index (κ1) is 49.9. The highest BCUT2D eigenvalue weighted by Gasteiger charge is 2.27. The van der Waals surface area contributed by atoms with Crippen molar-refractivity contribution in [3.8, 4) is 101 Å². The van der Waals surface area contributed by atoms with Crippen LogP contribution in [0.1, 0.15) is 16.5 Å². The van der Waals surface area contributed by atoms with Gasteiger partial charge >= 0.3 is 0 Å². The first-order valence-electron chi connectivity index (χ1n) is 39.1. The smallest absolute Gasteiger partial charge is 0.0645 e. The van der Waals surface area contributed by atoms with Crippen molar-refractivity contribution in [2.75, 3.05) is 0 Å². The normalized spacial score (nSPS) is 13.4. The lowest BCUT2D eigenvalue weighted by atomic mass is 9.94. The Hall–Kier alpha value is -13.5. The second-order valence-corrected chi connectivity index (χ2v) is 27.2. The van der Waals surface area contributed by atoms with Gasteiger partial charge in [0, 0.05) is 69.7 Å². The van der Waals surface area contributed by atoms with Crippen molar-refractivity contribution in [1.82, 2.24) is 18.3 Å². The second-order valence-electron chi connectivity index (χ2n) is 27.2. The molecule has 0 aliphatic heterocycles. The predicted molar refractivity (Wildman–Crippen MR) is 435 cm³/mol. The maximum Gasteiger partial charge on any atom is 0.0645 e. The van der Waals surface area contributed by atoms with Crippen LogP contribution in [0.15, 0.2) is 358 Å². The van der Waals surface area contributed by atoms with Gasteiger partial charge in [-0.2, -0.15) is 0 Å². The zero-order valence-corrected chi connectivity index (χ0v) is 55.5. The Bertz CT molecular complexity index is 7550. The number of aryl methyl sites for hydroxylation is 1. The lowest BCUT2D eigenvalue weighted by molar-refractivity contribution is 1.17. The van der Waals surface area contributed by atoms with Gasteiger partial charge in [0.2, 0.25) is 0 Å². The standard InChI is InChI=1S/C52H32N2.C47H30N2/c1-2-13-36(14-3-1)53-48-22-8-6-18-41(48)46-31-33(24-28-50(46)53)34-25-29-51-47(32-34)42-19-7-9-23-49(42)54(51)37-15-10-12-35(30-37)38-26-27-45-40-17-5-4-16-39(40)44-21-11-20-43(38)52(44)45;1-29-17-21-32(22-18-29)48-42-15-6-4-11-35(42)40-27-30(19-24-45(40)48)31-20-25-46-41(28-31)36-12-5-7-16-43(36)49(46)44-26-23-38-34-10-3-2-9-33(34)37-13-8-14-39(44)47(37)38/h1-32H;2-28H,1H3/i1D,2D,3D,13D,14D;1D3. The fourth-order valence-corrected chi connectivity index (χ4v) is 17.5. The number of nitrogens with zero attached hydrogens (tertiary/aromatic N) is 4. The summed E-state index contributed by atoms with van der Waals surface area (Å²) in [5.74, 6) is 0. The molecule has 0 saturated heterocycles. The summed E-state index contributed by atoms with van der Waals surface area (Å²) in [5, 5.41) is 14.1. The highest BCUT2D eigenvalue weighted by molar-refractivity contribution is 6.21. The van der Waals surface area contributed by atoms with Crippen LogP contribution in [0.2, 0.25) is 0 Å². The second kappa shape index (κ2) is 22.2. The quantitative estimate of drug-likeness (QED) is 0.152. The number of aromatic nitrogens is 4. The summed E-state index contributed by atoms with van der Waals surface area (Å²) in [6.07, 6.45) is 0. The molecule has 0 bridgehead atoms. The topological polar surface area (TPSA) is 19.7 Å². The van der Waals surface area contributed by atoms with Crippen molar-refractivity contribution in [1.29, 1.82) is 0 Å². The number of benzene rings is 17. The molecule has 0 fully saturated rings. The van der Waals surface area contributed by atoms with E-state index in [1.54, 1.807) is 12.1 Å². The monoisotopic (exact) mass is 1310 g/mol. The molecule has 4 heteroatoms. The molecule has 2 aliphatic carbocycles. The molecule has 0 spiro atoms. The van der Waals surface area contributed by atoms with Crippen LogP contribution in [0.3, 0.4) is 0 Å². The predicted octanol–water partition coefficient (Wildman–Crippen LogP) is 26.7. The fraction of sp³-hybridized carbons (Fsp3) is 0.0101. The number of rotatable bonds is 7. The van der Waals surface area contributed by atoms with E-state index < -0.39 is 12.9 Å². The molecule has 23 rings (SSSR count). The van der Waals surface area contributed by atoms with E-state index in [9.17, 15) is 0 Å². The Morgan fingerprint density at radius 2 is 0.573 bits per heavy atom. The van der Waals surface area contributed by atoms with E-state index in [4.69, 9.17) is 11.0 Å². The molecular weight excluding hydrogens is 1250 g/mol. The average molecular weight is 1320 g/mol. The summed E-state index contributed by atoms with van der Waals surface area (Å²) < 4.78 is 74.8. The Labute approximate surface area is 605 Å². The lowest BCUT2D eigenvalue weighted by Gasteiger charge is -2.13. The molecule has 4 aromatic heterocycles. The van der Waals surface area contributed by atoms with Crippen LogP contribution < -0.4 is 0 Å². The van der Waals surface area contributed by atoms with Crippen molar-refractivity contribution in [3.63, 3.8) is 0 Å². The van der Waals surface area contributed by atoms with Gasteiger partial charge in [0.15, 0.2) is 0 Å². The van der Waals surface area contributed by atoms with Crippen molar-refractivity contribution in [2.45, 2.75) is 6.85 Å². The minimum absolute atomic E-state index is 0.146. The molecule has 0 radical (unpaired) electrons. The van der Waals surface area contributed by atoms with Crippen LogP contribution in [0, 0.1) is 6.85 Å². The average Bonchev–Trinajstić information content (AvgIpc) is 1.56. The zero-order chi connectivity index (χ0) is 74.4. The highest BCUT2D eigenvalue weighted by Crippen LogP contribution is 2.52. The maximum absolute atomic E-state index is 8.78. The minimum atomic E-state index is -2.14. The molecule has 0 unspecified atom stereocenters. The van der Waals surface area contributed by atoms with Crippen molar-refractivity contribution < 1.29 is 11.0 Å². The lowest BCUT2D eigenvalue weighted by Crippen LogP contribution is -1.95. The van der Waals surface area contributed by atoms with E-state index in [0.717, 1.165) is 99.0 Å². The largest absolute Gasteiger partial charge is 0.309 e. The molecule has 4 heterocycles. The summed E-state index contributed by atoms with van der Waals surface area (Å²) in [6.45, 7) is -2.14. The first-order valence-corrected chi connectivity index (χ1v) is 35.1. The number of fused-ring (bicyclic) bond motifs is 18. The van der Waals surface area contributed by atoms with Crippen LogP contribution in [0.4, 0.5) is 0 Å². The van der Waals surface area contributed by atoms with Gasteiger partial charge in [0.25, 0.3) is 0 Å². The van der Waals surface area contributed by atoms with E-state index in [0.29, 0.717) is 5.56 Å². The SMILES string of the molecule is [2H]C([2H])([2H])c1ccc(-n2c3ccccc3c3cc(-c4ccc5c(c4)c4ccccc4n5-c4ccc5c6c(cccc46)-c4ccccc4-5)ccc32)cc1.[2H]c1c([2H])c([2H])c(-n2c3ccccc3c3cc(-c4ccc5c(c4)c4ccccc4n5-c4cccc(-c5ccc6c7c(cccc57)-c5ccccc5-6)c4)ccc32)c([2H])c1[2H]. The van der Waals surface area contributed by atoms with E-state index in [-0.39, 0.29) is 29.9 Å². The van der Waals surface area contributed by atoms with Gasteiger partial charge in [0.1, 0.15) is 0 Å². The van der Waals surface area contributed by atoms with Gasteiger partial charge in [-0.05, 0) is 216 Å². The summed E-state index contributed by atoms with van der Waals surface area (Å²) >= 11 is 0. The van der Waals surface area contributed by atoms with E-state index in [2.05, 4.69) is 287 Å². The molecule has 4 nitrogen and oxygen atoms in total. The van der Waals surface area contributed by atoms with Gasteiger partial charge in [-0.25, -0.2) is 0 Å². The van der Waals surface area contributed by atoms with Crippen LogP contribution in [-0.2, 0) is 0 Å². The molecule has 103 heavy (non-hydrogen) atoms. The number of hydrogen-bond donors (Lipinski definition) is 0. The van der Waals surface area contributed by atoms with E-state index >= 15 is 0 Å². The Morgan fingerprint density at radius 3 is 1.07 bits per heavy atom. The molecule has 0 atom stereocenters. The third-order valence-corrected chi connectivity index (χ3v) is 21.9. The number of para-hydroxylation sites is 5. The molecule has 21 aromatic rings. The van der Waals surface area contributed by atoms with Gasteiger partial charge in [-0.15, -0.1) is 0 Å². The molecule has 2 aliphatic rings. The number of hydrogen-bond acceptors (Lipinski definition) is 0. The van der Waals surface area contributed by atoms with Gasteiger partial charge < -0.3 is 18.3 Å². The molecule has 17 aromatic carbocycles. The Balaban J connectivity index is 0.000000138. The molecule has 0 saturated carbocycles.